The lowest BCUT2D eigenvalue weighted by atomic mass is 9.91. The molecule has 2 aromatic rings. The van der Waals surface area contributed by atoms with Gasteiger partial charge in [-0.05, 0) is 24.8 Å². The second kappa shape index (κ2) is 7.66. The molecule has 1 heterocycles. The highest BCUT2D eigenvalue weighted by molar-refractivity contribution is 5.93. The first-order valence-electron chi connectivity index (χ1n) is 8.78. The predicted molar refractivity (Wildman–Crippen MR) is 99.5 cm³/mol. The van der Waals surface area contributed by atoms with Crippen molar-refractivity contribution in [2.45, 2.75) is 38.4 Å². The molecule has 0 unspecified atom stereocenters. The van der Waals surface area contributed by atoms with Crippen LogP contribution in [0.15, 0.2) is 43.0 Å². The lowest BCUT2D eigenvalue weighted by Gasteiger charge is -2.25. The molecule has 5 heteroatoms. The van der Waals surface area contributed by atoms with E-state index >= 15 is 0 Å². The van der Waals surface area contributed by atoms with Crippen molar-refractivity contribution in [3.05, 3.63) is 65.5 Å². The summed E-state index contributed by atoms with van der Waals surface area (Å²) in [6, 6.07) is 10.8. The molecule has 132 valence electrons. The summed E-state index contributed by atoms with van der Waals surface area (Å²) in [5, 5.41) is 8.22. The maximum Gasteiger partial charge on any atom is 0.274 e. The van der Waals surface area contributed by atoms with Crippen LogP contribution in [0.25, 0.3) is 0 Å². The van der Waals surface area contributed by atoms with E-state index in [1.54, 1.807) is 19.0 Å². The SMILES string of the molecule is C=CCn1nc(C(=O)N(C)C)c2c1CC[C@H](NCc1ccccc1)C2. The summed E-state index contributed by atoms with van der Waals surface area (Å²) in [6.07, 6.45) is 4.66. The molecule has 1 aliphatic rings. The fourth-order valence-corrected chi connectivity index (χ4v) is 3.38. The van der Waals surface area contributed by atoms with Crippen molar-refractivity contribution < 1.29 is 4.79 Å². The fraction of sp³-hybridized carbons (Fsp3) is 0.400. The van der Waals surface area contributed by atoms with Gasteiger partial charge in [0.05, 0.1) is 6.54 Å². The number of nitrogens with one attached hydrogen (secondary N) is 1. The van der Waals surface area contributed by atoms with Crippen LogP contribution >= 0.6 is 0 Å². The van der Waals surface area contributed by atoms with E-state index in [1.165, 1.54) is 11.3 Å². The summed E-state index contributed by atoms with van der Waals surface area (Å²) in [5.74, 6) is -0.0252. The van der Waals surface area contributed by atoms with Crippen LogP contribution < -0.4 is 5.32 Å². The molecule has 0 aliphatic heterocycles. The van der Waals surface area contributed by atoms with Gasteiger partial charge in [0.1, 0.15) is 0 Å². The van der Waals surface area contributed by atoms with Crippen LogP contribution in [0.2, 0.25) is 0 Å². The number of benzene rings is 1. The highest BCUT2D eigenvalue weighted by Crippen LogP contribution is 2.26. The number of allylic oxidation sites excluding steroid dienone is 1. The van der Waals surface area contributed by atoms with Crippen LogP contribution in [0.5, 0.6) is 0 Å². The first-order valence-corrected chi connectivity index (χ1v) is 8.78. The van der Waals surface area contributed by atoms with Crippen LogP contribution in [-0.2, 0) is 25.9 Å². The zero-order valence-electron chi connectivity index (χ0n) is 15.0. The van der Waals surface area contributed by atoms with E-state index < -0.39 is 0 Å². The van der Waals surface area contributed by atoms with Crippen LogP contribution in [0.3, 0.4) is 0 Å². The van der Waals surface area contributed by atoms with Gasteiger partial charge in [0.25, 0.3) is 5.91 Å². The van der Waals surface area contributed by atoms with Gasteiger partial charge in [0.15, 0.2) is 5.69 Å². The Bertz CT molecular complexity index is 749. The van der Waals surface area contributed by atoms with E-state index in [-0.39, 0.29) is 5.91 Å². The average molecular weight is 338 g/mol. The number of amides is 1. The zero-order valence-corrected chi connectivity index (χ0v) is 15.0. The van der Waals surface area contributed by atoms with Gasteiger partial charge in [0.2, 0.25) is 0 Å². The molecule has 25 heavy (non-hydrogen) atoms. The number of fused-ring (bicyclic) bond motifs is 1. The maximum absolute atomic E-state index is 12.5. The van der Waals surface area contributed by atoms with Crippen molar-refractivity contribution in [2.75, 3.05) is 14.1 Å². The highest BCUT2D eigenvalue weighted by atomic mass is 16.2. The predicted octanol–water partition coefficient (Wildman–Crippen LogP) is 2.42. The third-order valence-corrected chi connectivity index (χ3v) is 4.70. The summed E-state index contributed by atoms with van der Waals surface area (Å²) in [5.41, 5.74) is 4.15. The maximum atomic E-state index is 12.5. The number of aromatic nitrogens is 2. The molecular weight excluding hydrogens is 312 g/mol. The molecule has 0 spiro atoms. The number of hydrogen-bond acceptors (Lipinski definition) is 3. The third kappa shape index (κ3) is 3.82. The Labute approximate surface area is 149 Å². The Kier molecular flexibility index (Phi) is 5.34. The molecule has 1 amide bonds. The van der Waals surface area contributed by atoms with Gasteiger partial charge in [-0.15, -0.1) is 6.58 Å². The molecule has 0 bridgehead atoms. The third-order valence-electron chi connectivity index (χ3n) is 4.70. The standard InChI is InChI=1S/C20H26N4O/c1-4-12-24-18-11-10-16(21-14-15-8-6-5-7-9-15)13-17(18)19(22-24)20(25)23(2)3/h4-9,16,21H,1,10-14H2,2-3H3/t16-/m0/s1. The highest BCUT2D eigenvalue weighted by Gasteiger charge is 2.29. The molecule has 1 aromatic carbocycles. The number of hydrogen-bond donors (Lipinski definition) is 1. The van der Waals surface area contributed by atoms with Gasteiger partial charge >= 0.3 is 0 Å². The van der Waals surface area contributed by atoms with Gasteiger partial charge in [-0.25, -0.2) is 0 Å². The smallest absolute Gasteiger partial charge is 0.274 e. The first kappa shape index (κ1) is 17.4. The molecule has 1 atom stereocenters. The number of rotatable bonds is 6. The minimum Gasteiger partial charge on any atom is -0.343 e. The van der Waals surface area contributed by atoms with Gasteiger partial charge < -0.3 is 10.2 Å². The zero-order chi connectivity index (χ0) is 17.8. The Balaban J connectivity index is 1.78. The van der Waals surface area contributed by atoms with Crippen molar-refractivity contribution in [2.24, 2.45) is 0 Å². The topological polar surface area (TPSA) is 50.2 Å². The number of carbonyl (C=O) groups excluding carboxylic acids is 1. The van der Waals surface area contributed by atoms with Gasteiger partial charge in [-0.3, -0.25) is 9.48 Å². The second-order valence-electron chi connectivity index (χ2n) is 6.75. The molecule has 3 rings (SSSR count). The van der Waals surface area contributed by atoms with E-state index in [0.717, 1.165) is 31.4 Å². The molecule has 5 nitrogen and oxygen atoms in total. The minimum absolute atomic E-state index is 0.0252. The van der Waals surface area contributed by atoms with Crippen LogP contribution in [0.4, 0.5) is 0 Å². The molecular formula is C20H26N4O. The van der Waals surface area contributed by atoms with Crippen molar-refractivity contribution in [3.8, 4) is 0 Å². The lowest BCUT2D eigenvalue weighted by molar-refractivity contribution is 0.0820. The van der Waals surface area contributed by atoms with Gasteiger partial charge in [-0.1, -0.05) is 36.4 Å². The normalized spacial score (nSPS) is 16.3. The molecule has 0 saturated carbocycles. The Hall–Kier alpha value is -2.40. The minimum atomic E-state index is -0.0252. The first-order chi connectivity index (χ1) is 12.1. The monoisotopic (exact) mass is 338 g/mol. The summed E-state index contributed by atoms with van der Waals surface area (Å²) in [6.45, 7) is 5.29. The molecule has 0 saturated heterocycles. The summed E-state index contributed by atoms with van der Waals surface area (Å²) in [7, 11) is 3.55. The fourth-order valence-electron chi connectivity index (χ4n) is 3.38. The molecule has 1 aliphatic carbocycles. The molecule has 1 aromatic heterocycles. The van der Waals surface area contributed by atoms with Crippen molar-refractivity contribution in [1.29, 1.82) is 0 Å². The summed E-state index contributed by atoms with van der Waals surface area (Å²) in [4.78, 5) is 14.1. The second-order valence-corrected chi connectivity index (χ2v) is 6.75. The van der Waals surface area contributed by atoms with Crippen LogP contribution in [0, 0.1) is 0 Å². The number of carbonyl (C=O) groups is 1. The largest absolute Gasteiger partial charge is 0.343 e. The summed E-state index contributed by atoms with van der Waals surface area (Å²) >= 11 is 0. The van der Waals surface area contributed by atoms with Crippen LogP contribution in [0.1, 0.15) is 33.7 Å². The Morgan fingerprint density at radius 3 is 2.84 bits per heavy atom. The van der Waals surface area contributed by atoms with Crippen molar-refractivity contribution in [3.63, 3.8) is 0 Å². The van der Waals surface area contributed by atoms with Crippen molar-refractivity contribution in [1.82, 2.24) is 20.0 Å². The van der Waals surface area contributed by atoms with Gasteiger partial charge in [-0.2, -0.15) is 5.10 Å². The van der Waals surface area contributed by atoms with E-state index in [2.05, 4.69) is 41.3 Å². The summed E-state index contributed by atoms with van der Waals surface area (Å²) < 4.78 is 1.94. The van der Waals surface area contributed by atoms with E-state index in [0.29, 0.717) is 18.3 Å². The Morgan fingerprint density at radius 2 is 2.16 bits per heavy atom. The van der Waals surface area contributed by atoms with Gasteiger partial charge in [0, 0.05) is 37.9 Å². The molecule has 0 fully saturated rings. The van der Waals surface area contributed by atoms with E-state index in [1.807, 2.05) is 16.8 Å². The number of nitrogens with zero attached hydrogens (tertiary/aromatic N) is 3. The van der Waals surface area contributed by atoms with E-state index in [9.17, 15) is 4.79 Å². The molecule has 1 N–H and O–H groups in total. The van der Waals surface area contributed by atoms with E-state index in [4.69, 9.17) is 0 Å². The average Bonchev–Trinajstić information content (AvgIpc) is 2.98. The van der Waals surface area contributed by atoms with Crippen LogP contribution in [-0.4, -0.2) is 40.7 Å². The Morgan fingerprint density at radius 1 is 1.40 bits per heavy atom. The quantitative estimate of drug-likeness (QED) is 0.823. The lowest BCUT2D eigenvalue weighted by Crippen LogP contribution is -2.35. The van der Waals surface area contributed by atoms with Crippen molar-refractivity contribution >= 4 is 5.91 Å². The molecule has 0 radical (unpaired) electrons.